The van der Waals surface area contributed by atoms with Crippen LogP contribution < -0.4 is 5.32 Å². The summed E-state index contributed by atoms with van der Waals surface area (Å²) in [5.74, 6) is 0. The SMILES string of the molecule is COC(C)(C)CN=C1NC(C)CC(C)S1. The topological polar surface area (TPSA) is 33.6 Å². The molecule has 88 valence electrons. The van der Waals surface area contributed by atoms with Crippen LogP contribution in [0.4, 0.5) is 0 Å². The molecule has 1 N–H and O–H groups in total. The van der Waals surface area contributed by atoms with Gasteiger partial charge in [-0.05, 0) is 27.2 Å². The Kier molecular flexibility index (Phi) is 4.46. The second kappa shape index (κ2) is 5.21. The Morgan fingerprint density at radius 2 is 2.20 bits per heavy atom. The van der Waals surface area contributed by atoms with Crippen LogP contribution in [0.2, 0.25) is 0 Å². The number of rotatable bonds is 3. The quantitative estimate of drug-likeness (QED) is 0.807. The Morgan fingerprint density at radius 1 is 1.53 bits per heavy atom. The van der Waals surface area contributed by atoms with Crippen molar-refractivity contribution >= 4 is 16.9 Å². The first-order valence-corrected chi connectivity index (χ1v) is 6.34. The predicted octanol–water partition coefficient (Wildman–Crippen LogP) is 2.27. The van der Waals surface area contributed by atoms with E-state index in [0.717, 1.165) is 5.17 Å². The maximum absolute atomic E-state index is 5.34. The minimum atomic E-state index is -0.167. The Morgan fingerprint density at radius 3 is 2.73 bits per heavy atom. The van der Waals surface area contributed by atoms with Crippen LogP contribution in [0.3, 0.4) is 0 Å². The number of nitrogens with one attached hydrogen (secondary N) is 1. The fraction of sp³-hybridized carbons (Fsp3) is 0.909. The highest BCUT2D eigenvalue weighted by molar-refractivity contribution is 8.14. The van der Waals surface area contributed by atoms with Gasteiger partial charge in [-0.25, -0.2) is 0 Å². The average Bonchev–Trinajstić information content (AvgIpc) is 2.14. The van der Waals surface area contributed by atoms with Crippen molar-refractivity contribution in [2.45, 2.75) is 51.0 Å². The molecule has 3 nitrogen and oxygen atoms in total. The molecule has 15 heavy (non-hydrogen) atoms. The van der Waals surface area contributed by atoms with Crippen LogP contribution in [0, 0.1) is 0 Å². The van der Waals surface area contributed by atoms with E-state index in [1.807, 2.05) is 11.8 Å². The summed E-state index contributed by atoms with van der Waals surface area (Å²) in [6.45, 7) is 9.26. The predicted molar refractivity (Wildman–Crippen MR) is 67.7 cm³/mol. The van der Waals surface area contributed by atoms with E-state index in [9.17, 15) is 0 Å². The molecule has 2 unspecified atom stereocenters. The van der Waals surface area contributed by atoms with Crippen molar-refractivity contribution in [3.63, 3.8) is 0 Å². The number of ether oxygens (including phenoxy) is 1. The first kappa shape index (κ1) is 12.8. The summed E-state index contributed by atoms with van der Waals surface area (Å²) in [4.78, 5) is 4.57. The molecule has 1 aliphatic heterocycles. The van der Waals surface area contributed by atoms with E-state index < -0.39 is 0 Å². The lowest BCUT2D eigenvalue weighted by Crippen LogP contribution is -2.39. The maximum Gasteiger partial charge on any atom is 0.157 e. The van der Waals surface area contributed by atoms with Gasteiger partial charge in [0.05, 0.1) is 12.1 Å². The van der Waals surface area contributed by atoms with Crippen molar-refractivity contribution in [2.75, 3.05) is 13.7 Å². The zero-order chi connectivity index (χ0) is 11.5. The van der Waals surface area contributed by atoms with Crippen molar-refractivity contribution in [2.24, 2.45) is 4.99 Å². The summed E-state index contributed by atoms with van der Waals surface area (Å²) in [7, 11) is 1.73. The van der Waals surface area contributed by atoms with E-state index in [1.54, 1.807) is 7.11 Å². The van der Waals surface area contributed by atoms with Crippen molar-refractivity contribution < 1.29 is 4.74 Å². The van der Waals surface area contributed by atoms with E-state index in [-0.39, 0.29) is 5.60 Å². The number of thioether (sulfide) groups is 1. The lowest BCUT2D eigenvalue weighted by molar-refractivity contribution is 0.0312. The van der Waals surface area contributed by atoms with Gasteiger partial charge in [-0.1, -0.05) is 18.7 Å². The third-order valence-electron chi connectivity index (χ3n) is 2.52. The van der Waals surface area contributed by atoms with Crippen molar-refractivity contribution in [3.8, 4) is 0 Å². The van der Waals surface area contributed by atoms with Crippen molar-refractivity contribution in [1.29, 1.82) is 0 Å². The second-order valence-electron chi connectivity index (χ2n) is 4.79. The molecule has 0 aromatic rings. The van der Waals surface area contributed by atoms with E-state index in [2.05, 4.69) is 38.0 Å². The Labute approximate surface area is 97.1 Å². The fourth-order valence-electron chi connectivity index (χ4n) is 1.45. The smallest absolute Gasteiger partial charge is 0.157 e. The molecule has 1 aliphatic rings. The van der Waals surface area contributed by atoms with E-state index >= 15 is 0 Å². The van der Waals surface area contributed by atoms with Gasteiger partial charge in [-0.3, -0.25) is 4.99 Å². The molecule has 1 rings (SSSR count). The number of hydrogen-bond donors (Lipinski definition) is 1. The number of amidine groups is 1. The van der Waals surface area contributed by atoms with Gasteiger partial charge in [-0.15, -0.1) is 0 Å². The van der Waals surface area contributed by atoms with Gasteiger partial charge < -0.3 is 10.1 Å². The summed E-state index contributed by atoms with van der Waals surface area (Å²) in [5.41, 5.74) is -0.167. The van der Waals surface area contributed by atoms with Gasteiger partial charge >= 0.3 is 0 Å². The van der Waals surface area contributed by atoms with Crippen molar-refractivity contribution in [3.05, 3.63) is 0 Å². The first-order valence-electron chi connectivity index (χ1n) is 5.46. The van der Waals surface area contributed by atoms with Crippen molar-refractivity contribution in [1.82, 2.24) is 5.32 Å². The highest BCUT2D eigenvalue weighted by Crippen LogP contribution is 2.22. The molecule has 4 heteroatoms. The molecule has 0 radical (unpaired) electrons. The van der Waals surface area contributed by atoms with Gasteiger partial charge in [0.25, 0.3) is 0 Å². The van der Waals surface area contributed by atoms with Gasteiger partial charge in [0.1, 0.15) is 0 Å². The van der Waals surface area contributed by atoms with Crippen LogP contribution >= 0.6 is 11.8 Å². The number of hydrogen-bond acceptors (Lipinski definition) is 3. The molecule has 0 aromatic heterocycles. The van der Waals surface area contributed by atoms with Crippen LogP contribution in [-0.2, 0) is 4.74 Å². The van der Waals surface area contributed by atoms with E-state index in [1.165, 1.54) is 6.42 Å². The van der Waals surface area contributed by atoms with E-state index in [0.29, 0.717) is 17.8 Å². The first-order chi connectivity index (χ1) is 6.93. The van der Waals surface area contributed by atoms with E-state index in [4.69, 9.17) is 4.74 Å². The van der Waals surface area contributed by atoms with Gasteiger partial charge in [0.2, 0.25) is 0 Å². The molecule has 0 saturated carbocycles. The maximum atomic E-state index is 5.34. The molecule has 0 spiro atoms. The zero-order valence-electron chi connectivity index (χ0n) is 10.3. The van der Waals surface area contributed by atoms with Gasteiger partial charge in [0.15, 0.2) is 5.17 Å². The molecule has 0 aromatic carbocycles. The molecule has 0 amide bonds. The summed E-state index contributed by atoms with van der Waals surface area (Å²) in [6.07, 6.45) is 1.21. The molecular weight excluding hydrogens is 208 g/mol. The second-order valence-corrected chi connectivity index (χ2v) is 6.22. The molecule has 0 bridgehead atoms. The van der Waals surface area contributed by atoms with Crippen LogP contribution in [-0.4, -0.2) is 35.7 Å². The number of nitrogens with zero attached hydrogens (tertiary/aromatic N) is 1. The highest BCUT2D eigenvalue weighted by Gasteiger charge is 2.21. The van der Waals surface area contributed by atoms with Crippen LogP contribution in [0.25, 0.3) is 0 Å². The fourth-order valence-corrected chi connectivity index (χ4v) is 2.62. The minimum Gasteiger partial charge on any atom is -0.377 e. The third-order valence-corrected chi connectivity index (χ3v) is 3.59. The van der Waals surface area contributed by atoms with Crippen LogP contribution in [0.5, 0.6) is 0 Å². The summed E-state index contributed by atoms with van der Waals surface area (Å²) >= 11 is 1.82. The third kappa shape index (κ3) is 4.43. The Hall–Kier alpha value is -0.220. The zero-order valence-corrected chi connectivity index (χ0v) is 11.1. The summed E-state index contributed by atoms with van der Waals surface area (Å²) in [5, 5.41) is 5.12. The molecule has 1 heterocycles. The molecule has 2 atom stereocenters. The number of methoxy groups -OCH3 is 1. The van der Waals surface area contributed by atoms with Gasteiger partial charge in [-0.2, -0.15) is 0 Å². The number of aliphatic imine (C=N–C) groups is 1. The highest BCUT2D eigenvalue weighted by atomic mass is 32.2. The summed E-state index contributed by atoms with van der Waals surface area (Å²) < 4.78 is 5.34. The molecular formula is C11H22N2OS. The molecule has 0 aliphatic carbocycles. The Balaban J connectivity index is 2.52. The van der Waals surface area contributed by atoms with Crippen LogP contribution in [0.1, 0.15) is 34.1 Å². The average molecular weight is 230 g/mol. The van der Waals surface area contributed by atoms with Crippen LogP contribution in [0.15, 0.2) is 4.99 Å². The summed E-state index contributed by atoms with van der Waals surface area (Å²) in [6, 6.07) is 0.533. The molecule has 1 saturated heterocycles. The van der Waals surface area contributed by atoms with Gasteiger partial charge in [0, 0.05) is 18.4 Å². The normalized spacial score (nSPS) is 30.3. The lowest BCUT2D eigenvalue weighted by Gasteiger charge is -2.28. The lowest BCUT2D eigenvalue weighted by atomic mass is 10.1. The largest absolute Gasteiger partial charge is 0.377 e. The monoisotopic (exact) mass is 230 g/mol. The minimum absolute atomic E-state index is 0.167. The Bertz CT molecular complexity index is 229. The standard InChI is InChI=1S/C11H22N2OS/c1-8-6-9(2)15-10(13-8)12-7-11(3,4)14-5/h8-9H,6-7H2,1-5H3,(H,12,13). The molecule has 1 fully saturated rings.